The third-order valence-corrected chi connectivity index (χ3v) is 2.10. The molecule has 1 fully saturated rings. The van der Waals surface area contributed by atoms with Gasteiger partial charge in [-0.3, -0.25) is 9.80 Å². The third kappa shape index (κ3) is 1.67. The molecule has 60 valence electrons. The lowest BCUT2D eigenvalue weighted by atomic mass is 10.3. The lowest BCUT2D eigenvalue weighted by Crippen LogP contribution is -2.49. The molecule has 0 aromatic carbocycles. The molecule has 1 rings (SSSR count). The molecular weight excluding hydrogens is 131 g/mol. The van der Waals surface area contributed by atoms with Gasteiger partial charge in [-0.15, -0.1) is 0 Å². The molecule has 0 radical (unpaired) electrons. The Morgan fingerprint density at radius 3 is 2.70 bits per heavy atom. The van der Waals surface area contributed by atoms with Crippen molar-refractivity contribution >= 4 is 0 Å². The van der Waals surface area contributed by atoms with Crippen molar-refractivity contribution in [1.29, 1.82) is 0 Å². The van der Waals surface area contributed by atoms with Crippen LogP contribution in [0.25, 0.3) is 0 Å². The maximum atomic E-state index is 12.9. The standard InChI is InChI=1S/C7H15FN2/c1-3-10-5-4-9(2)7(8)6-10/h7H,3-6H2,1-2H3. The van der Waals surface area contributed by atoms with Crippen LogP contribution in [-0.2, 0) is 0 Å². The molecule has 1 aliphatic heterocycles. The van der Waals surface area contributed by atoms with E-state index >= 15 is 0 Å². The molecular formula is C7H15FN2. The number of rotatable bonds is 1. The van der Waals surface area contributed by atoms with Gasteiger partial charge in [0.05, 0.1) is 0 Å². The second-order valence-corrected chi connectivity index (χ2v) is 2.81. The van der Waals surface area contributed by atoms with Crippen LogP contribution in [0.15, 0.2) is 0 Å². The molecule has 3 heteroatoms. The number of halogens is 1. The monoisotopic (exact) mass is 146 g/mol. The Labute approximate surface area is 61.6 Å². The third-order valence-electron chi connectivity index (χ3n) is 2.10. The summed E-state index contributed by atoms with van der Waals surface area (Å²) in [6.45, 7) is 5.47. The largest absolute Gasteiger partial charge is 0.298 e. The van der Waals surface area contributed by atoms with Gasteiger partial charge in [0, 0.05) is 19.6 Å². The van der Waals surface area contributed by atoms with Gasteiger partial charge in [-0.05, 0) is 13.6 Å². The highest BCUT2D eigenvalue weighted by molar-refractivity contribution is 4.71. The van der Waals surface area contributed by atoms with Crippen molar-refractivity contribution in [3.8, 4) is 0 Å². The minimum Gasteiger partial charge on any atom is -0.298 e. The minimum atomic E-state index is -0.756. The topological polar surface area (TPSA) is 6.48 Å². The second-order valence-electron chi connectivity index (χ2n) is 2.81. The number of alkyl halides is 1. The zero-order chi connectivity index (χ0) is 7.56. The Hall–Kier alpha value is -0.150. The number of hydrogen-bond acceptors (Lipinski definition) is 2. The molecule has 0 aromatic heterocycles. The van der Waals surface area contributed by atoms with E-state index in [9.17, 15) is 4.39 Å². The summed E-state index contributed by atoms with van der Waals surface area (Å²) in [5, 5.41) is 0. The van der Waals surface area contributed by atoms with E-state index in [1.54, 1.807) is 4.90 Å². The molecule has 2 nitrogen and oxygen atoms in total. The predicted octanol–water partition coefficient (Wildman–Crippen LogP) is 0.549. The Balaban J connectivity index is 2.33. The highest BCUT2D eigenvalue weighted by atomic mass is 19.1. The van der Waals surface area contributed by atoms with E-state index in [1.807, 2.05) is 7.05 Å². The molecule has 1 aliphatic rings. The van der Waals surface area contributed by atoms with E-state index in [0.717, 1.165) is 19.6 Å². The normalized spacial score (nSPS) is 30.9. The van der Waals surface area contributed by atoms with Crippen molar-refractivity contribution in [3.05, 3.63) is 0 Å². The van der Waals surface area contributed by atoms with Crippen LogP contribution in [0.5, 0.6) is 0 Å². The molecule has 1 heterocycles. The average Bonchev–Trinajstić information content (AvgIpc) is 1.95. The van der Waals surface area contributed by atoms with Gasteiger partial charge < -0.3 is 0 Å². The van der Waals surface area contributed by atoms with Crippen molar-refractivity contribution in [2.45, 2.75) is 13.2 Å². The molecule has 0 saturated carbocycles. The molecule has 1 unspecified atom stereocenters. The first-order valence-electron chi connectivity index (χ1n) is 3.80. The van der Waals surface area contributed by atoms with Gasteiger partial charge in [-0.25, -0.2) is 4.39 Å². The maximum absolute atomic E-state index is 12.9. The predicted molar refractivity (Wildman–Crippen MR) is 39.6 cm³/mol. The van der Waals surface area contributed by atoms with Gasteiger partial charge in [-0.1, -0.05) is 6.92 Å². The molecule has 1 atom stereocenters. The first-order valence-corrected chi connectivity index (χ1v) is 3.80. The summed E-state index contributed by atoms with van der Waals surface area (Å²) in [7, 11) is 1.83. The Morgan fingerprint density at radius 1 is 1.50 bits per heavy atom. The first-order chi connectivity index (χ1) is 4.74. The number of hydrogen-bond donors (Lipinski definition) is 0. The van der Waals surface area contributed by atoms with Gasteiger partial charge in [-0.2, -0.15) is 0 Å². The van der Waals surface area contributed by atoms with Crippen LogP contribution in [0.2, 0.25) is 0 Å². The highest BCUT2D eigenvalue weighted by Gasteiger charge is 2.21. The average molecular weight is 146 g/mol. The summed E-state index contributed by atoms with van der Waals surface area (Å²) in [5.74, 6) is 0. The van der Waals surface area contributed by atoms with Gasteiger partial charge in [0.15, 0.2) is 6.30 Å². The number of nitrogens with zero attached hydrogens (tertiary/aromatic N) is 2. The lowest BCUT2D eigenvalue weighted by molar-refractivity contribution is 0.0204. The fourth-order valence-electron chi connectivity index (χ4n) is 1.17. The summed E-state index contributed by atoms with van der Waals surface area (Å²) >= 11 is 0. The quantitative estimate of drug-likeness (QED) is 0.498. The maximum Gasteiger partial charge on any atom is 0.166 e. The van der Waals surface area contributed by atoms with Crippen molar-refractivity contribution in [1.82, 2.24) is 9.80 Å². The second kappa shape index (κ2) is 3.30. The van der Waals surface area contributed by atoms with Gasteiger partial charge >= 0.3 is 0 Å². The van der Waals surface area contributed by atoms with Crippen LogP contribution < -0.4 is 0 Å². The van der Waals surface area contributed by atoms with Crippen LogP contribution in [0, 0.1) is 0 Å². The summed E-state index contributed by atoms with van der Waals surface area (Å²) < 4.78 is 12.9. The van der Waals surface area contributed by atoms with E-state index in [4.69, 9.17) is 0 Å². The van der Waals surface area contributed by atoms with Crippen molar-refractivity contribution in [2.24, 2.45) is 0 Å². The fraction of sp³-hybridized carbons (Fsp3) is 1.00. The Morgan fingerprint density at radius 2 is 2.20 bits per heavy atom. The van der Waals surface area contributed by atoms with Crippen molar-refractivity contribution in [2.75, 3.05) is 33.2 Å². The summed E-state index contributed by atoms with van der Waals surface area (Å²) in [5.41, 5.74) is 0. The Kier molecular flexibility index (Phi) is 2.63. The van der Waals surface area contributed by atoms with E-state index in [0.29, 0.717) is 6.54 Å². The molecule has 0 aromatic rings. The van der Waals surface area contributed by atoms with E-state index < -0.39 is 6.30 Å². The molecule has 1 saturated heterocycles. The van der Waals surface area contributed by atoms with E-state index in [-0.39, 0.29) is 0 Å². The summed E-state index contributed by atoms with van der Waals surface area (Å²) in [6, 6.07) is 0. The van der Waals surface area contributed by atoms with Gasteiger partial charge in [0.2, 0.25) is 0 Å². The van der Waals surface area contributed by atoms with Crippen LogP contribution in [-0.4, -0.2) is 49.3 Å². The van der Waals surface area contributed by atoms with Gasteiger partial charge in [0.25, 0.3) is 0 Å². The number of piperazine rings is 1. The molecule has 0 aliphatic carbocycles. The zero-order valence-corrected chi connectivity index (χ0v) is 6.68. The molecule has 0 N–H and O–H groups in total. The molecule has 0 spiro atoms. The minimum absolute atomic E-state index is 0.576. The molecule has 0 amide bonds. The van der Waals surface area contributed by atoms with Crippen LogP contribution >= 0.6 is 0 Å². The summed E-state index contributed by atoms with van der Waals surface area (Å²) in [4.78, 5) is 3.89. The fourth-order valence-corrected chi connectivity index (χ4v) is 1.17. The SMILES string of the molecule is CCN1CCN(C)C(F)C1. The van der Waals surface area contributed by atoms with Crippen LogP contribution in [0.4, 0.5) is 4.39 Å². The smallest absolute Gasteiger partial charge is 0.166 e. The highest BCUT2D eigenvalue weighted by Crippen LogP contribution is 2.07. The first kappa shape index (κ1) is 7.95. The molecule has 10 heavy (non-hydrogen) atoms. The number of likely N-dealkylation sites (N-methyl/N-ethyl adjacent to an activating group) is 2. The van der Waals surface area contributed by atoms with E-state index in [1.165, 1.54) is 0 Å². The van der Waals surface area contributed by atoms with E-state index in [2.05, 4.69) is 11.8 Å². The lowest BCUT2D eigenvalue weighted by Gasteiger charge is -2.34. The van der Waals surface area contributed by atoms with Gasteiger partial charge in [0.1, 0.15) is 0 Å². The van der Waals surface area contributed by atoms with Crippen LogP contribution in [0.3, 0.4) is 0 Å². The van der Waals surface area contributed by atoms with Crippen molar-refractivity contribution < 1.29 is 4.39 Å². The zero-order valence-electron chi connectivity index (χ0n) is 6.68. The van der Waals surface area contributed by atoms with Crippen molar-refractivity contribution in [3.63, 3.8) is 0 Å². The molecule has 0 bridgehead atoms. The summed E-state index contributed by atoms with van der Waals surface area (Å²) in [6.07, 6.45) is -0.756. The Bertz CT molecular complexity index is 108. The van der Waals surface area contributed by atoms with Crippen LogP contribution in [0.1, 0.15) is 6.92 Å².